The van der Waals surface area contributed by atoms with Gasteiger partial charge in [-0.1, -0.05) is 17.7 Å². The van der Waals surface area contributed by atoms with Gasteiger partial charge in [-0.3, -0.25) is 4.79 Å². The number of carbonyl (C=O) groups excluding carboxylic acids is 1. The number of sulfone groups is 1. The molecule has 1 amide bonds. The Morgan fingerprint density at radius 1 is 1.04 bits per heavy atom. The van der Waals surface area contributed by atoms with Gasteiger partial charge in [-0.15, -0.1) is 0 Å². The summed E-state index contributed by atoms with van der Waals surface area (Å²) in [6.45, 7) is 1.54. The van der Waals surface area contributed by atoms with Gasteiger partial charge in [-0.2, -0.15) is 0 Å². The van der Waals surface area contributed by atoms with Crippen LogP contribution in [0, 0.1) is 12.7 Å². The van der Waals surface area contributed by atoms with E-state index in [-0.39, 0.29) is 15.5 Å². The van der Waals surface area contributed by atoms with Crippen LogP contribution in [0.4, 0.5) is 4.39 Å². The van der Waals surface area contributed by atoms with Crippen LogP contribution in [-0.2, 0) is 19.9 Å². The largest absolute Gasteiger partial charge is 0.268 e. The number of aryl methyl sites for hydroxylation is 1. The first-order valence-electron chi connectivity index (χ1n) is 6.75. The van der Waals surface area contributed by atoms with Crippen LogP contribution in [0.3, 0.4) is 0 Å². The van der Waals surface area contributed by atoms with Crippen molar-refractivity contribution in [1.29, 1.82) is 0 Å². The molecule has 0 atom stereocenters. The second kappa shape index (κ2) is 6.74. The summed E-state index contributed by atoms with van der Waals surface area (Å²) in [5, 5.41) is -0.000828. The highest BCUT2D eigenvalue weighted by atomic mass is 35.5. The fraction of sp³-hybridized carbons (Fsp3) is 0.133. The average Bonchev–Trinajstić information content (AvgIpc) is 2.45. The van der Waals surface area contributed by atoms with E-state index in [4.69, 9.17) is 11.6 Å². The summed E-state index contributed by atoms with van der Waals surface area (Å²) in [5.41, 5.74) is 0.217. The summed E-state index contributed by atoms with van der Waals surface area (Å²) in [5.74, 6) is -2.20. The first kappa shape index (κ1) is 19.4. The van der Waals surface area contributed by atoms with Gasteiger partial charge in [0.1, 0.15) is 10.7 Å². The number of hydrogen-bond acceptors (Lipinski definition) is 5. The summed E-state index contributed by atoms with van der Waals surface area (Å²) >= 11 is 5.56. The molecular formula is C15H13ClFNO5S2. The average molecular weight is 406 g/mol. The maximum absolute atomic E-state index is 13.8. The van der Waals surface area contributed by atoms with Crippen molar-refractivity contribution >= 4 is 37.4 Å². The van der Waals surface area contributed by atoms with E-state index in [1.807, 2.05) is 0 Å². The van der Waals surface area contributed by atoms with E-state index in [2.05, 4.69) is 0 Å². The number of carbonyl (C=O) groups is 1. The van der Waals surface area contributed by atoms with Gasteiger partial charge in [0.05, 0.1) is 4.90 Å². The predicted octanol–water partition coefficient (Wildman–Crippen LogP) is 2.31. The van der Waals surface area contributed by atoms with Crippen LogP contribution < -0.4 is 4.72 Å². The Morgan fingerprint density at radius 2 is 1.68 bits per heavy atom. The summed E-state index contributed by atoms with van der Waals surface area (Å²) in [6.07, 6.45) is 0.969. The predicted molar refractivity (Wildman–Crippen MR) is 90.4 cm³/mol. The Kier molecular flexibility index (Phi) is 5.22. The van der Waals surface area contributed by atoms with Gasteiger partial charge in [0.25, 0.3) is 15.9 Å². The van der Waals surface area contributed by atoms with Gasteiger partial charge in [0, 0.05) is 16.8 Å². The molecule has 0 aliphatic heterocycles. The molecule has 0 aromatic heterocycles. The maximum Gasteiger partial charge on any atom is 0.267 e. The third kappa shape index (κ3) is 4.36. The van der Waals surface area contributed by atoms with E-state index in [0.717, 1.165) is 30.5 Å². The highest BCUT2D eigenvalue weighted by Crippen LogP contribution is 2.20. The Balaban J connectivity index is 2.39. The minimum atomic E-state index is -4.50. The molecule has 2 aromatic carbocycles. The number of halogens is 2. The lowest BCUT2D eigenvalue weighted by atomic mass is 10.1. The lowest BCUT2D eigenvalue weighted by Gasteiger charge is -2.10. The van der Waals surface area contributed by atoms with Crippen molar-refractivity contribution in [2.75, 3.05) is 6.26 Å². The molecule has 0 heterocycles. The molecule has 0 spiro atoms. The van der Waals surface area contributed by atoms with E-state index in [0.29, 0.717) is 5.56 Å². The molecule has 134 valence electrons. The zero-order valence-corrected chi connectivity index (χ0v) is 15.5. The normalized spacial score (nSPS) is 12.0. The van der Waals surface area contributed by atoms with Gasteiger partial charge in [-0.25, -0.2) is 25.9 Å². The SMILES string of the molecule is Cc1ccc(C(=O)NS(=O)(=O)c2ccc(Cl)cc2F)cc1S(C)(=O)=O. The molecule has 6 nitrogen and oxygen atoms in total. The Morgan fingerprint density at radius 3 is 2.24 bits per heavy atom. The molecule has 25 heavy (non-hydrogen) atoms. The van der Waals surface area contributed by atoms with Crippen LogP contribution in [0.5, 0.6) is 0 Å². The molecule has 1 N–H and O–H groups in total. The van der Waals surface area contributed by atoms with Crippen LogP contribution in [0.2, 0.25) is 5.02 Å². The van der Waals surface area contributed by atoms with Crippen molar-refractivity contribution in [3.05, 3.63) is 58.4 Å². The molecule has 0 saturated heterocycles. The minimum Gasteiger partial charge on any atom is -0.268 e. The highest BCUT2D eigenvalue weighted by Gasteiger charge is 2.23. The molecule has 0 unspecified atom stereocenters. The fourth-order valence-corrected chi connectivity index (χ4v) is 4.26. The van der Waals surface area contributed by atoms with Gasteiger partial charge in [0.15, 0.2) is 9.84 Å². The summed E-state index contributed by atoms with van der Waals surface area (Å²) < 4.78 is 63.2. The Labute approximate surface area is 149 Å². The zero-order valence-electron chi connectivity index (χ0n) is 13.1. The lowest BCUT2D eigenvalue weighted by molar-refractivity contribution is 0.0981. The summed E-state index contributed by atoms with van der Waals surface area (Å²) in [4.78, 5) is 11.3. The molecule has 0 fully saturated rings. The molecule has 2 aromatic rings. The minimum absolute atomic E-state index is 0.000828. The van der Waals surface area contributed by atoms with E-state index in [9.17, 15) is 26.0 Å². The van der Waals surface area contributed by atoms with E-state index < -0.39 is 36.5 Å². The molecule has 0 saturated carbocycles. The van der Waals surface area contributed by atoms with Gasteiger partial charge in [0.2, 0.25) is 0 Å². The molecule has 10 heteroatoms. The number of benzene rings is 2. The second-order valence-electron chi connectivity index (χ2n) is 5.26. The second-order valence-corrected chi connectivity index (χ2v) is 9.33. The van der Waals surface area contributed by atoms with Gasteiger partial charge in [-0.05, 0) is 42.8 Å². The monoisotopic (exact) mass is 405 g/mol. The highest BCUT2D eigenvalue weighted by molar-refractivity contribution is 7.90. The number of sulfonamides is 1. The van der Waals surface area contributed by atoms with Crippen molar-refractivity contribution in [3.8, 4) is 0 Å². The number of hydrogen-bond donors (Lipinski definition) is 1. The first-order chi connectivity index (χ1) is 11.4. The van der Waals surface area contributed by atoms with Crippen molar-refractivity contribution in [2.45, 2.75) is 16.7 Å². The molecule has 2 rings (SSSR count). The zero-order chi connectivity index (χ0) is 19.0. The maximum atomic E-state index is 13.8. The number of rotatable bonds is 4. The first-order valence-corrected chi connectivity index (χ1v) is 10.5. The van der Waals surface area contributed by atoms with Gasteiger partial charge < -0.3 is 0 Å². The third-order valence-corrected chi connectivity index (χ3v) is 6.10. The van der Waals surface area contributed by atoms with Crippen molar-refractivity contribution in [2.24, 2.45) is 0 Å². The Hall–Kier alpha value is -1.97. The third-order valence-electron chi connectivity index (χ3n) is 3.26. The summed E-state index contributed by atoms with van der Waals surface area (Å²) in [6, 6.07) is 6.59. The van der Waals surface area contributed by atoms with Crippen LogP contribution in [-0.4, -0.2) is 29.0 Å². The Bertz CT molecular complexity index is 1070. The standard InChI is InChI=1S/C15H13ClFNO5S2/c1-9-3-4-10(7-14(9)24(2,20)21)15(19)18-25(22,23)13-6-5-11(16)8-12(13)17/h3-8H,1-2H3,(H,18,19). The molecule has 0 aliphatic carbocycles. The van der Waals surface area contributed by atoms with E-state index in [1.165, 1.54) is 19.1 Å². The van der Waals surface area contributed by atoms with Crippen LogP contribution in [0.15, 0.2) is 46.2 Å². The topological polar surface area (TPSA) is 97.4 Å². The molecule has 0 radical (unpaired) electrons. The van der Waals surface area contributed by atoms with E-state index in [1.54, 1.807) is 4.72 Å². The van der Waals surface area contributed by atoms with Crippen LogP contribution >= 0.6 is 11.6 Å². The molecule has 0 bridgehead atoms. The van der Waals surface area contributed by atoms with Crippen molar-refractivity contribution in [3.63, 3.8) is 0 Å². The smallest absolute Gasteiger partial charge is 0.267 e. The van der Waals surface area contributed by atoms with Crippen molar-refractivity contribution in [1.82, 2.24) is 4.72 Å². The summed E-state index contributed by atoms with van der Waals surface area (Å²) in [7, 11) is -8.10. The van der Waals surface area contributed by atoms with Crippen LogP contribution in [0.25, 0.3) is 0 Å². The van der Waals surface area contributed by atoms with Crippen molar-refractivity contribution < 1.29 is 26.0 Å². The quantitative estimate of drug-likeness (QED) is 0.841. The van der Waals surface area contributed by atoms with Crippen LogP contribution in [0.1, 0.15) is 15.9 Å². The van der Waals surface area contributed by atoms with E-state index >= 15 is 0 Å². The lowest BCUT2D eigenvalue weighted by Crippen LogP contribution is -2.31. The fourth-order valence-electron chi connectivity index (χ4n) is 2.07. The molecular weight excluding hydrogens is 393 g/mol. The molecule has 0 aliphatic rings. The van der Waals surface area contributed by atoms with Gasteiger partial charge >= 0.3 is 0 Å². The number of amides is 1. The number of nitrogens with one attached hydrogen (secondary N) is 1.